The number of esters is 1. The van der Waals surface area contributed by atoms with Gasteiger partial charge in [-0.25, -0.2) is 4.39 Å². The highest BCUT2D eigenvalue weighted by atomic mass is 19.1. The van der Waals surface area contributed by atoms with E-state index in [4.69, 9.17) is 15.2 Å². The molecule has 1 rings (SSSR count). The van der Waals surface area contributed by atoms with Gasteiger partial charge in [0.1, 0.15) is 11.4 Å². The summed E-state index contributed by atoms with van der Waals surface area (Å²) in [7, 11) is 0. The molecule has 0 saturated heterocycles. The second-order valence-electron chi connectivity index (χ2n) is 4.61. The Morgan fingerprint density at radius 1 is 1.52 bits per heavy atom. The van der Waals surface area contributed by atoms with E-state index in [-0.39, 0.29) is 25.4 Å². The zero-order valence-corrected chi connectivity index (χ0v) is 11.8. The summed E-state index contributed by atoms with van der Waals surface area (Å²) in [5.41, 5.74) is 4.04. The van der Waals surface area contributed by atoms with Crippen LogP contribution in [0, 0.1) is 15.9 Å². The van der Waals surface area contributed by atoms with Crippen LogP contribution in [0.25, 0.3) is 0 Å². The molecule has 0 spiro atoms. The summed E-state index contributed by atoms with van der Waals surface area (Å²) in [6.45, 7) is 3.30. The van der Waals surface area contributed by atoms with Crippen LogP contribution in [0.3, 0.4) is 0 Å². The molecule has 1 aromatic carbocycles. The van der Waals surface area contributed by atoms with Crippen LogP contribution in [0.5, 0.6) is 5.75 Å². The van der Waals surface area contributed by atoms with Crippen molar-refractivity contribution in [1.29, 1.82) is 0 Å². The van der Waals surface area contributed by atoms with Gasteiger partial charge in [0.2, 0.25) is 0 Å². The van der Waals surface area contributed by atoms with Crippen molar-refractivity contribution in [2.45, 2.75) is 25.8 Å². The van der Waals surface area contributed by atoms with E-state index >= 15 is 0 Å². The van der Waals surface area contributed by atoms with Crippen LogP contribution in [0.2, 0.25) is 0 Å². The number of nitrogens with two attached hydrogens (primary N) is 1. The van der Waals surface area contributed by atoms with E-state index in [9.17, 15) is 19.3 Å². The van der Waals surface area contributed by atoms with Crippen molar-refractivity contribution < 1.29 is 23.6 Å². The summed E-state index contributed by atoms with van der Waals surface area (Å²) in [6.07, 6.45) is 0.0976. The highest BCUT2D eigenvalue weighted by Crippen LogP contribution is 2.27. The minimum atomic E-state index is -1.26. The zero-order chi connectivity index (χ0) is 16.0. The third kappa shape index (κ3) is 4.67. The van der Waals surface area contributed by atoms with Gasteiger partial charge in [-0.05, 0) is 26.0 Å². The number of halogens is 1. The van der Waals surface area contributed by atoms with Crippen LogP contribution >= 0.6 is 0 Å². The van der Waals surface area contributed by atoms with Crippen molar-refractivity contribution in [2.75, 3.05) is 13.2 Å². The third-order valence-electron chi connectivity index (χ3n) is 2.74. The van der Waals surface area contributed by atoms with Crippen LogP contribution in [-0.2, 0) is 9.53 Å². The molecule has 8 heteroatoms. The summed E-state index contributed by atoms with van der Waals surface area (Å²) in [5.74, 6) is -1.40. The molecular weight excluding hydrogens is 283 g/mol. The Morgan fingerprint density at radius 3 is 2.76 bits per heavy atom. The molecule has 0 saturated carbocycles. The Hall–Kier alpha value is -2.22. The molecule has 0 amide bonds. The maximum absolute atomic E-state index is 13.0. The largest absolute Gasteiger partial charge is 0.487 e. The van der Waals surface area contributed by atoms with E-state index in [2.05, 4.69) is 0 Å². The highest BCUT2D eigenvalue weighted by molar-refractivity contribution is 5.79. The Kier molecular flexibility index (Phi) is 5.60. The van der Waals surface area contributed by atoms with Crippen molar-refractivity contribution in [2.24, 2.45) is 5.73 Å². The lowest BCUT2D eigenvalue weighted by atomic mass is 10.0. The molecule has 21 heavy (non-hydrogen) atoms. The lowest BCUT2D eigenvalue weighted by molar-refractivity contribution is -0.386. The fourth-order valence-electron chi connectivity index (χ4n) is 1.53. The van der Waals surface area contributed by atoms with Crippen molar-refractivity contribution >= 4 is 11.7 Å². The van der Waals surface area contributed by atoms with Gasteiger partial charge in [0, 0.05) is 6.42 Å². The quantitative estimate of drug-likeness (QED) is 0.467. The van der Waals surface area contributed by atoms with Gasteiger partial charge in [0.25, 0.3) is 0 Å². The lowest BCUT2D eigenvalue weighted by Gasteiger charge is -2.22. The van der Waals surface area contributed by atoms with E-state index in [1.807, 2.05) is 0 Å². The topological polar surface area (TPSA) is 105 Å². The molecule has 0 fully saturated rings. The number of ether oxygens (including phenoxy) is 2. The standard InChI is InChI=1S/C13H17FN2O5/c1-3-20-12(17)13(2,15)6-7-21-11-5-4-9(14)8-10(11)16(18)19/h4-5,8H,3,6-7,15H2,1-2H3. The molecule has 2 N–H and O–H groups in total. The number of carbonyl (C=O) groups is 1. The molecule has 0 radical (unpaired) electrons. The Morgan fingerprint density at radius 2 is 2.19 bits per heavy atom. The summed E-state index contributed by atoms with van der Waals surface area (Å²) >= 11 is 0. The van der Waals surface area contributed by atoms with Gasteiger partial charge in [-0.1, -0.05) is 0 Å². The molecule has 0 aliphatic rings. The number of nitro benzene ring substituents is 1. The highest BCUT2D eigenvalue weighted by Gasteiger charge is 2.30. The molecule has 0 aliphatic carbocycles. The van der Waals surface area contributed by atoms with Crippen LogP contribution in [0.4, 0.5) is 10.1 Å². The Bertz CT molecular complexity index is 533. The predicted octanol–water partition coefficient (Wildman–Crippen LogP) is 1.78. The second-order valence-corrected chi connectivity index (χ2v) is 4.61. The van der Waals surface area contributed by atoms with Crippen LogP contribution in [-0.4, -0.2) is 29.6 Å². The number of rotatable bonds is 7. The maximum atomic E-state index is 13.0. The van der Waals surface area contributed by atoms with Gasteiger partial charge in [-0.15, -0.1) is 0 Å². The zero-order valence-electron chi connectivity index (χ0n) is 11.8. The molecule has 7 nitrogen and oxygen atoms in total. The minimum absolute atomic E-state index is 0.0434. The number of nitro groups is 1. The van der Waals surface area contributed by atoms with E-state index in [1.165, 1.54) is 6.92 Å². The van der Waals surface area contributed by atoms with E-state index in [1.54, 1.807) is 6.92 Å². The normalized spacial score (nSPS) is 13.3. The predicted molar refractivity (Wildman–Crippen MR) is 72.4 cm³/mol. The Balaban J connectivity index is 2.68. The molecule has 0 bridgehead atoms. The average molecular weight is 300 g/mol. The first-order valence-corrected chi connectivity index (χ1v) is 6.30. The number of benzene rings is 1. The van der Waals surface area contributed by atoms with Crippen molar-refractivity contribution in [3.63, 3.8) is 0 Å². The third-order valence-corrected chi connectivity index (χ3v) is 2.74. The average Bonchev–Trinajstić information content (AvgIpc) is 2.40. The van der Waals surface area contributed by atoms with Crippen molar-refractivity contribution in [3.8, 4) is 5.75 Å². The molecule has 0 aliphatic heterocycles. The van der Waals surface area contributed by atoms with Crippen molar-refractivity contribution in [1.82, 2.24) is 0 Å². The van der Waals surface area contributed by atoms with Gasteiger partial charge in [-0.2, -0.15) is 0 Å². The lowest BCUT2D eigenvalue weighted by Crippen LogP contribution is -2.47. The van der Waals surface area contributed by atoms with Crippen LogP contribution < -0.4 is 10.5 Å². The van der Waals surface area contributed by atoms with Gasteiger partial charge < -0.3 is 15.2 Å². The molecule has 1 atom stereocenters. The second kappa shape index (κ2) is 6.98. The molecule has 0 aromatic heterocycles. The fourth-order valence-corrected chi connectivity index (χ4v) is 1.53. The number of hydrogen-bond donors (Lipinski definition) is 1. The van der Waals surface area contributed by atoms with E-state index < -0.39 is 27.9 Å². The van der Waals surface area contributed by atoms with Crippen LogP contribution in [0.15, 0.2) is 18.2 Å². The summed E-state index contributed by atoms with van der Waals surface area (Å²) in [5, 5.41) is 10.8. The fraction of sp³-hybridized carbons (Fsp3) is 0.462. The van der Waals surface area contributed by atoms with E-state index in [0.29, 0.717) is 0 Å². The molecular formula is C13H17FN2O5. The van der Waals surface area contributed by atoms with Crippen LogP contribution in [0.1, 0.15) is 20.3 Å². The summed E-state index contributed by atoms with van der Waals surface area (Å²) < 4.78 is 23.0. The molecule has 0 heterocycles. The number of nitrogens with zero attached hydrogens (tertiary/aromatic N) is 1. The number of carbonyl (C=O) groups excluding carboxylic acids is 1. The van der Waals surface area contributed by atoms with Gasteiger partial charge in [-0.3, -0.25) is 14.9 Å². The smallest absolute Gasteiger partial charge is 0.325 e. The summed E-state index contributed by atoms with van der Waals surface area (Å²) in [4.78, 5) is 21.6. The molecule has 1 aromatic rings. The monoisotopic (exact) mass is 300 g/mol. The first kappa shape index (κ1) is 16.8. The maximum Gasteiger partial charge on any atom is 0.325 e. The van der Waals surface area contributed by atoms with Gasteiger partial charge >= 0.3 is 11.7 Å². The van der Waals surface area contributed by atoms with Crippen molar-refractivity contribution in [3.05, 3.63) is 34.1 Å². The molecule has 116 valence electrons. The first-order chi connectivity index (χ1) is 9.77. The summed E-state index contributed by atoms with van der Waals surface area (Å²) in [6, 6.07) is 2.98. The van der Waals surface area contributed by atoms with Gasteiger partial charge in [0.05, 0.1) is 24.2 Å². The minimum Gasteiger partial charge on any atom is -0.487 e. The first-order valence-electron chi connectivity index (χ1n) is 6.30. The van der Waals surface area contributed by atoms with Gasteiger partial charge in [0.15, 0.2) is 5.75 Å². The SMILES string of the molecule is CCOC(=O)C(C)(N)CCOc1ccc(F)cc1[N+](=O)[O-]. The number of hydrogen-bond acceptors (Lipinski definition) is 6. The Labute approximate surface area is 121 Å². The van der Waals surface area contributed by atoms with E-state index in [0.717, 1.165) is 18.2 Å². The molecule has 1 unspecified atom stereocenters.